The SMILES string of the molecule is CCCCNC(=O)C(C)N(Cc1ccccc1)C(=O)Cc1ccc(Cl)c(Cl)c1. The molecule has 1 atom stereocenters. The van der Waals surface area contributed by atoms with E-state index in [-0.39, 0.29) is 18.2 Å². The third-order valence-corrected chi connectivity index (χ3v) is 5.27. The molecular formula is C22H26Cl2N2O2. The molecule has 0 aliphatic rings. The number of unbranched alkanes of at least 4 members (excludes halogenated alkanes) is 1. The van der Waals surface area contributed by atoms with Gasteiger partial charge < -0.3 is 10.2 Å². The highest BCUT2D eigenvalue weighted by molar-refractivity contribution is 6.42. The molecule has 0 bridgehead atoms. The number of nitrogens with one attached hydrogen (secondary N) is 1. The number of amides is 2. The summed E-state index contributed by atoms with van der Waals surface area (Å²) in [5.74, 6) is -0.285. The van der Waals surface area contributed by atoms with Crippen LogP contribution in [-0.2, 0) is 22.6 Å². The van der Waals surface area contributed by atoms with Crippen molar-refractivity contribution >= 4 is 35.0 Å². The molecule has 0 saturated heterocycles. The Labute approximate surface area is 176 Å². The average molecular weight is 421 g/mol. The lowest BCUT2D eigenvalue weighted by molar-refractivity contribution is -0.140. The van der Waals surface area contributed by atoms with Crippen LogP contribution in [0.25, 0.3) is 0 Å². The number of carbonyl (C=O) groups excluding carboxylic acids is 2. The van der Waals surface area contributed by atoms with Crippen LogP contribution in [0.4, 0.5) is 0 Å². The first-order chi connectivity index (χ1) is 13.4. The maximum Gasteiger partial charge on any atom is 0.242 e. The molecule has 1 N–H and O–H groups in total. The molecule has 1 unspecified atom stereocenters. The Balaban J connectivity index is 2.17. The zero-order chi connectivity index (χ0) is 20.5. The van der Waals surface area contributed by atoms with Gasteiger partial charge in [-0.2, -0.15) is 0 Å². The first kappa shape index (κ1) is 22.3. The van der Waals surface area contributed by atoms with Crippen molar-refractivity contribution in [2.24, 2.45) is 0 Å². The Morgan fingerprint density at radius 2 is 1.75 bits per heavy atom. The molecule has 2 rings (SSSR count). The molecule has 0 saturated carbocycles. The topological polar surface area (TPSA) is 49.4 Å². The van der Waals surface area contributed by atoms with Crippen molar-refractivity contribution in [3.8, 4) is 0 Å². The first-order valence-electron chi connectivity index (χ1n) is 9.47. The van der Waals surface area contributed by atoms with Gasteiger partial charge in [-0.25, -0.2) is 0 Å². The summed E-state index contributed by atoms with van der Waals surface area (Å²) < 4.78 is 0. The van der Waals surface area contributed by atoms with E-state index >= 15 is 0 Å². The predicted molar refractivity (Wildman–Crippen MR) is 115 cm³/mol. The lowest BCUT2D eigenvalue weighted by atomic mass is 10.1. The van der Waals surface area contributed by atoms with E-state index in [1.165, 1.54) is 0 Å². The maximum atomic E-state index is 13.1. The zero-order valence-electron chi connectivity index (χ0n) is 16.3. The lowest BCUT2D eigenvalue weighted by Crippen LogP contribution is -2.48. The van der Waals surface area contributed by atoms with Crippen LogP contribution in [0.1, 0.15) is 37.8 Å². The van der Waals surface area contributed by atoms with Crippen molar-refractivity contribution < 1.29 is 9.59 Å². The highest BCUT2D eigenvalue weighted by Crippen LogP contribution is 2.23. The number of hydrogen-bond acceptors (Lipinski definition) is 2. The minimum Gasteiger partial charge on any atom is -0.354 e. The maximum absolute atomic E-state index is 13.1. The predicted octanol–water partition coefficient (Wildman–Crippen LogP) is 4.87. The Kier molecular flexibility index (Phi) is 8.81. The molecule has 4 nitrogen and oxygen atoms in total. The Bertz CT molecular complexity index is 796. The normalized spacial score (nSPS) is 11.7. The molecule has 0 radical (unpaired) electrons. The van der Waals surface area contributed by atoms with Crippen molar-refractivity contribution in [2.75, 3.05) is 6.54 Å². The van der Waals surface area contributed by atoms with Crippen LogP contribution in [0, 0.1) is 0 Å². The molecule has 2 aromatic carbocycles. The standard InChI is InChI=1S/C22H26Cl2N2O2/c1-3-4-12-25-22(28)16(2)26(15-17-8-6-5-7-9-17)21(27)14-18-10-11-19(23)20(24)13-18/h5-11,13,16H,3-4,12,14-15H2,1-2H3,(H,25,28). The smallest absolute Gasteiger partial charge is 0.242 e. The Hall–Kier alpha value is -2.04. The fourth-order valence-corrected chi connectivity index (χ4v) is 3.15. The monoisotopic (exact) mass is 420 g/mol. The largest absolute Gasteiger partial charge is 0.354 e. The van der Waals surface area contributed by atoms with Gasteiger partial charge in [0, 0.05) is 13.1 Å². The fourth-order valence-electron chi connectivity index (χ4n) is 2.82. The molecule has 0 fully saturated rings. The summed E-state index contributed by atoms with van der Waals surface area (Å²) in [5, 5.41) is 3.77. The summed E-state index contributed by atoms with van der Waals surface area (Å²) in [5.41, 5.74) is 1.73. The summed E-state index contributed by atoms with van der Waals surface area (Å²) >= 11 is 12.0. The van der Waals surface area contributed by atoms with Crippen LogP contribution < -0.4 is 5.32 Å². The van der Waals surface area contributed by atoms with E-state index in [2.05, 4.69) is 12.2 Å². The Morgan fingerprint density at radius 1 is 1.04 bits per heavy atom. The highest BCUT2D eigenvalue weighted by Gasteiger charge is 2.26. The second-order valence-electron chi connectivity index (χ2n) is 6.75. The summed E-state index contributed by atoms with van der Waals surface area (Å²) in [6.45, 7) is 4.80. The third kappa shape index (κ3) is 6.54. The Morgan fingerprint density at radius 3 is 2.39 bits per heavy atom. The van der Waals surface area contributed by atoms with Crippen LogP contribution >= 0.6 is 23.2 Å². The lowest BCUT2D eigenvalue weighted by Gasteiger charge is -2.29. The van der Waals surface area contributed by atoms with Gasteiger partial charge in [0.1, 0.15) is 6.04 Å². The second kappa shape index (κ2) is 11.1. The van der Waals surface area contributed by atoms with E-state index in [1.807, 2.05) is 30.3 Å². The molecule has 0 spiro atoms. The second-order valence-corrected chi connectivity index (χ2v) is 7.57. The van der Waals surface area contributed by atoms with Crippen molar-refractivity contribution in [1.82, 2.24) is 10.2 Å². The fraction of sp³-hybridized carbons (Fsp3) is 0.364. The number of rotatable bonds is 9. The van der Waals surface area contributed by atoms with Crippen LogP contribution in [0.3, 0.4) is 0 Å². The van der Waals surface area contributed by atoms with Gasteiger partial charge in [0.05, 0.1) is 16.5 Å². The molecule has 2 amide bonds. The number of nitrogens with zero attached hydrogens (tertiary/aromatic N) is 1. The number of carbonyl (C=O) groups is 2. The van der Waals surface area contributed by atoms with Crippen LogP contribution in [0.5, 0.6) is 0 Å². The molecular weight excluding hydrogens is 395 g/mol. The summed E-state index contributed by atoms with van der Waals surface area (Å²) in [4.78, 5) is 27.2. The quantitative estimate of drug-likeness (QED) is 0.588. The van der Waals surface area contributed by atoms with E-state index in [9.17, 15) is 9.59 Å². The van der Waals surface area contributed by atoms with Gasteiger partial charge in [-0.1, -0.05) is 72.9 Å². The number of hydrogen-bond donors (Lipinski definition) is 1. The van der Waals surface area contributed by atoms with Gasteiger partial charge >= 0.3 is 0 Å². The number of halogens is 2. The number of benzene rings is 2. The van der Waals surface area contributed by atoms with Crippen LogP contribution in [0.2, 0.25) is 10.0 Å². The molecule has 0 aliphatic carbocycles. The summed E-state index contributed by atoms with van der Waals surface area (Å²) in [6, 6.07) is 14.2. The van der Waals surface area contributed by atoms with E-state index in [4.69, 9.17) is 23.2 Å². The van der Waals surface area contributed by atoms with Gasteiger partial charge in [-0.05, 0) is 36.6 Å². The van der Waals surface area contributed by atoms with Crippen LogP contribution in [0.15, 0.2) is 48.5 Å². The van der Waals surface area contributed by atoms with Crippen molar-refractivity contribution in [3.63, 3.8) is 0 Å². The molecule has 6 heteroatoms. The van der Waals surface area contributed by atoms with Crippen LogP contribution in [-0.4, -0.2) is 29.3 Å². The van der Waals surface area contributed by atoms with E-state index < -0.39 is 6.04 Å². The van der Waals surface area contributed by atoms with E-state index in [1.54, 1.807) is 30.0 Å². The highest BCUT2D eigenvalue weighted by atomic mass is 35.5. The molecule has 0 heterocycles. The summed E-state index contributed by atoms with van der Waals surface area (Å²) in [6.07, 6.45) is 2.06. The molecule has 0 aromatic heterocycles. The first-order valence-corrected chi connectivity index (χ1v) is 10.2. The zero-order valence-corrected chi connectivity index (χ0v) is 17.8. The molecule has 150 valence electrons. The molecule has 0 aliphatic heterocycles. The van der Waals surface area contributed by atoms with Gasteiger partial charge in [-0.15, -0.1) is 0 Å². The van der Waals surface area contributed by atoms with Gasteiger partial charge in [0.15, 0.2) is 0 Å². The van der Waals surface area contributed by atoms with Crippen molar-refractivity contribution in [3.05, 3.63) is 69.7 Å². The molecule has 28 heavy (non-hydrogen) atoms. The molecule has 2 aromatic rings. The minimum atomic E-state index is -0.577. The van der Waals surface area contributed by atoms with Crippen molar-refractivity contribution in [1.29, 1.82) is 0 Å². The third-order valence-electron chi connectivity index (χ3n) is 4.53. The summed E-state index contributed by atoms with van der Waals surface area (Å²) in [7, 11) is 0. The van der Waals surface area contributed by atoms with Crippen molar-refractivity contribution in [2.45, 2.75) is 45.7 Å². The van der Waals surface area contributed by atoms with Gasteiger partial charge in [-0.3, -0.25) is 9.59 Å². The van der Waals surface area contributed by atoms with E-state index in [0.717, 1.165) is 24.0 Å². The average Bonchev–Trinajstić information content (AvgIpc) is 2.69. The van der Waals surface area contributed by atoms with Gasteiger partial charge in [0.25, 0.3) is 0 Å². The van der Waals surface area contributed by atoms with E-state index in [0.29, 0.717) is 23.1 Å². The van der Waals surface area contributed by atoms with Gasteiger partial charge in [0.2, 0.25) is 11.8 Å². The minimum absolute atomic E-state index is 0.139.